The Balaban J connectivity index is 2.31. The Bertz CT molecular complexity index is 528. The molecule has 0 radical (unpaired) electrons. The van der Waals surface area contributed by atoms with Gasteiger partial charge in [-0.2, -0.15) is 0 Å². The third kappa shape index (κ3) is 2.40. The highest BCUT2D eigenvalue weighted by Crippen LogP contribution is 2.35. The summed E-state index contributed by atoms with van der Waals surface area (Å²) in [5.41, 5.74) is 7.09. The van der Waals surface area contributed by atoms with Crippen molar-refractivity contribution in [3.63, 3.8) is 0 Å². The number of rotatable bonds is 2. The van der Waals surface area contributed by atoms with Crippen LogP contribution >= 0.6 is 34.5 Å². The summed E-state index contributed by atoms with van der Waals surface area (Å²) in [5.74, 6) is 0.462. The smallest absolute Gasteiger partial charge is 0.278 e. The van der Waals surface area contributed by atoms with Crippen molar-refractivity contribution in [2.24, 2.45) is 0 Å². The summed E-state index contributed by atoms with van der Waals surface area (Å²) in [4.78, 5) is 4.16. The molecule has 0 saturated heterocycles. The first-order valence-corrected chi connectivity index (χ1v) is 6.04. The van der Waals surface area contributed by atoms with E-state index in [1.807, 2.05) is 12.3 Å². The first-order chi connectivity index (χ1) is 7.56. The number of ether oxygens (including phenoxy) is 1. The van der Waals surface area contributed by atoms with Crippen LogP contribution in [-0.4, -0.2) is 4.98 Å². The molecule has 0 saturated carbocycles. The van der Waals surface area contributed by atoms with Crippen molar-refractivity contribution in [3.05, 3.63) is 33.3 Å². The van der Waals surface area contributed by atoms with Gasteiger partial charge < -0.3 is 10.5 Å². The SMILES string of the molecule is Cc1csc(Oc2cc(Cl)c(Cl)cc2N)n1. The van der Waals surface area contributed by atoms with Gasteiger partial charge in [-0.3, -0.25) is 0 Å². The molecule has 0 unspecified atom stereocenters. The maximum atomic E-state index is 5.87. The molecule has 1 aromatic heterocycles. The van der Waals surface area contributed by atoms with Gasteiger partial charge in [-0.05, 0) is 13.0 Å². The second kappa shape index (κ2) is 4.49. The Labute approximate surface area is 107 Å². The monoisotopic (exact) mass is 274 g/mol. The number of anilines is 1. The van der Waals surface area contributed by atoms with Gasteiger partial charge in [0.2, 0.25) is 0 Å². The molecule has 0 aliphatic carbocycles. The van der Waals surface area contributed by atoms with Crippen molar-refractivity contribution < 1.29 is 4.74 Å². The maximum Gasteiger partial charge on any atom is 0.278 e. The molecule has 0 atom stereocenters. The van der Waals surface area contributed by atoms with E-state index in [4.69, 9.17) is 33.7 Å². The first-order valence-electron chi connectivity index (χ1n) is 4.41. The second-order valence-electron chi connectivity index (χ2n) is 3.16. The lowest BCUT2D eigenvalue weighted by molar-refractivity contribution is 0.480. The third-order valence-electron chi connectivity index (χ3n) is 1.85. The maximum absolute atomic E-state index is 5.87. The molecule has 0 amide bonds. The Morgan fingerprint density at radius 2 is 2.00 bits per heavy atom. The fourth-order valence-electron chi connectivity index (χ4n) is 1.11. The number of thiazole rings is 1. The fraction of sp³-hybridized carbons (Fsp3) is 0.100. The predicted octanol–water partition coefficient (Wildman–Crippen LogP) is 4.13. The van der Waals surface area contributed by atoms with E-state index in [1.54, 1.807) is 12.1 Å². The van der Waals surface area contributed by atoms with Crippen LogP contribution in [0.5, 0.6) is 10.9 Å². The number of benzene rings is 1. The summed E-state index contributed by atoms with van der Waals surface area (Å²) in [5, 5.41) is 3.23. The minimum absolute atomic E-state index is 0.402. The quantitative estimate of drug-likeness (QED) is 0.838. The van der Waals surface area contributed by atoms with Crippen LogP contribution in [0, 0.1) is 6.92 Å². The standard InChI is InChI=1S/C10H8Cl2N2OS/c1-5-4-16-10(14-5)15-9-3-7(12)6(11)2-8(9)13/h2-4H,13H2,1H3. The van der Waals surface area contributed by atoms with E-state index in [-0.39, 0.29) is 0 Å². The predicted molar refractivity (Wildman–Crippen MR) is 67.8 cm³/mol. The van der Waals surface area contributed by atoms with Gasteiger partial charge >= 0.3 is 0 Å². The Morgan fingerprint density at radius 3 is 2.62 bits per heavy atom. The summed E-state index contributed by atoms with van der Waals surface area (Å²) in [6, 6.07) is 3.13. The molecular weight excluding hydrogens is 267 g/mol. The lowest BCUT2D eigenvalue weighted by Gasteiger charge is -2.06. The Morgan fingerprint density at radius 1 is 1.31 bits per heavy atom. The van der Waals surface area contributed by atoms with E-state index in [0.717, 1.165) is 5.69 Å². The molecular formula is C10H8Cl2N2OS. The van der Waals surface area contributed by atoms with E-state index in [1.165, 1.54) is 11.3 Å². The number of aromatic nitrogens is 1. The highest BCUT2D eigenvalue weighted by Gasteiger charge is 2.09. The molecule has 0 aliphatic rings. The number of nitrogens with zero attached hydrogens (tertiary/aromatic N) is 1. The summed E-state index contributed by atoms with van der Waals surface area (Å²) >= 11 is 13.1. The van der Waals surface area contributed by atoms with E-state index in [9.17, 15) is 0 Å². The highest BCUT2D eigenvalue weighted by atomic mass is 35.5. The van der Waals surface area contributed by atoms with E-state index in [0.29, 0.717) is 26.7 Å². The zero-order valence-electron chi connectivity index (χ0n) is 8.33. The van der Waals surface area contributed by atoms with Crippen LogP contribution in [0.3, 0.4) is 0 Å². The number of aryl methyl sites for hydroxylation is 1. The van der Waals surface area contributed by atoms with Gasteiger partial charge in [0.1, 0.15) is 0 Å². The van der Waals surface area contributed by atoms with Crippen LogP contribution in [0.2, 0.25) is 10.0 Å². The van der Waals surface area contributed by atoms with Crippen LogP contribution in [0.1, 0.15) is 5.69 Å². The zero-order valence-corrected chi connectivity index (χ0v) is 10.7. The molecule has 0 bridgehead atoms. The van der Waals surface area contributed by atoms with E-state index in [2.05, 4.69) is 4.98 Å². The van der Waals surface area contributed by atoms with Crippen molar-refractivity contribution in [1.29, 1.82) is 0 Å². The van der Waals surface area contributed by atoms with Gasteiger partial charge in [0.05, 0.1) is 21.4 Å². The fourth-order valence-corrected chi connectivity index (χ4v) is 2.09. The summed E-state index contributed by atoms with van der Waals surface area (Å²) < 4.78 is 5.51. The van der Waals surface area contributed by atoms with Crippen LogP contribution in [-0.2, 0) is 0 Å². The van der Waals surface area contributed by atoms with Crippen molar-refractivity contribution >= 4 is 40.2 Å². The number of nitrogens with two attached hydrogens (primary N) is 1. The molecule has 1 aromatic carbocycles. The molecule has 0 spiro atoms. The van der Waals surface area contributed by atoms with Crippen LogP contribution in [0.4, 0.5) is 5.69 Å². The molecule has 84 valence electrons. The largest absolute Gasteiger partial charge is 0.429 e. The summed E-state index contributed by atoms with van der Waals surface area (Å²) in [6.45, 7) is 1.89. The minimum atomic E-state index is 0.402. The van der Waals surface area contributed by atoms with Crippen LogP contribution in [0.25, 0.3) is 0 Å². The first kappa shape index (κ1) is 11.5. The minimum Gasteiger partial charge on any atom is -0.429 e. The highest BCUT2D eigenvalue weighted by molar-refractivity contribution is 7.11. The lowest BCUT2D eigenvalue weighted by atomic mass is 10.3. The Hall–Kier alpha value is -0.970. The van der Waals surface area contributed by atoms with Gasteiger partial charge in [-0.25, -0.2) is 4.98 Å². The van der Waals surface area contributed by atoms with Crippen molar-refractivity contribution in [2.75, 3.05) is 5.73 Å². The van der Waals surface area contributed by atoms with Gasteiger partial charge in [0, 0.05) is 11.4 Å². The van der Waals surface area contributed by atoms with E-state index < -0.39 is 0 Å². The van der Waals surface area contributed by atoms with Gasteiger partial charge in [-0.15, -0.1) is 0 Å². The number of hydrogen-bond acceptors (Lipinski definition) is 4. The third-order valence-corrected chi connectivity index (χ3v) is 3.41. The molecule has 2 N–H and O–H groups in total. The van der Waals surface area contributed by atoms with Gasteiger partial charge in [-0.1, -0.05) is 34.5 Å². The Kier molecular flexibility index (Phi) is 3.23. The molecule has 1 heterocycles. The molecule has 6 heteroatoms. The lowest BCUT2D eigenvalue weighted by Crippen LogP contribution is -1.92. The van der Waals surface area contributed by atoms with Crippen LogP contribution < -0.4 is 10.5 Å². The molecule has 0 fully saturated rings. The molecule has 0 aliphatic heterocycles. The average Bonchev–Trinajstić information content (AvgIpc) is 2.60. The second-order valence-corrected chi connectivity index (χ2v) is 4.80. The van der Waals surface area contributed by atoms with Crippen molar-refractivity contribution in [2.45, 2.75) is 6.92 Å². The van der Waals surface area contributed by atoms with Gasteiger partial charge in [0.25, 0.3) is 5.19 Å². The normalized spacial score (nSPS) is 10.4. The number of hydrogen-bond donors (Lipinski definition) is 1. The molecule has 2 rings (SSSR count). The molecule has 3 nitrogen and oxygen atoms in total. The van der Waals surface area contributed by atoms with Crippen LogP contribution in [0.15, 0.2) is 17.5 Å². The summed E-state index contributed by atoms with van der Waals surface area (Å²) in [6.07, 6.45) is 0. The topological polar surface area (TPSA) is 48.1 Å². The van der Waals surface area contributed by atoms with Gasteiger partial charge in [0.15, 0.2) is 5.75 Å². The molecule has 2 aromatic rings. The zero-order chi connectivity index (χ0) is 11.7. The van der Waals surface area contributed by atoms with Crippen molar-refractivity contribution in [3.8, 4) is 10.9 Å². The number of nitrogen functional groups attached to an aromatic ring is 1. The molecule has 16 heavy (non-hydrogen) atoms. The van der Waals surface area contributed by atoms with E-state index >= 15 is 0 Å². The van der Waals surface area contributed by atoms with Crippen molar-refractivity contribution in [1.82, 2.24) is 4.98 Å². The number of halogens is 2. The average molecular weight is 275 g/mol. The summed E-state index contributed by atoms with van der Waals surface area (Å²) in [7, 11) is 0.